The highest BCUT2D eigenvalue weighted by Crippen LogP contribution is 2.22. The summed E-state index contributed by atoms with van der Waals surface area (Å²) in [6.45, 7) is 12.5. The lowest BCUT2D eigenvalue weighted by Gasteiger charge is -2.19. The van der Waals surface area contributed by atoms with Crippen LogP contribution in [0, 0.1) is 0 Å². The molecule has 7 nitrogen and oxygen atoms in total. The number of benzene rings is 1. The Balaban J connectivity index is 2.23. The minimum Gasteiger partial charge on any atom is -0.444 e. The molecule has 3 N–H and O–H groups in total. The minimum atomic E-state index is -0.572. The number of carbonyl (C=O) groups is 3. The molecule has 1 aromatic carbocycles. The van der Waals surface area contributed by atoms with Gasteiger partial charge in [-0.15, -0.1) is 0 Å². The molecule has 0 fully saturated rings. The minimum absolute atomic E-state index is 0.0393. The van der Waals surface area contributed by atoms with Crippen molar-refractivity contribution in [3.05, 3.63) is 35.4 Å². The molecule has 0 saturated carbocycles. The molecule has 0 aliphatic heterocycles. The van der Waals surface area contributed by atoms with Crippen LogP contribution < -0.4 is 16.0 Å². The molecule has 0 unspecified atom stereocenters. The van der Waals surface area contributed by atoms with Gasteiger partial charge in [-0.25, -0.2) is 4.79 Å². The standard InChI is InChI=1S/C21H33N3O4/c1-20(2,3)16-9-7-15(8-10-16)18(26)23-14-13-22-17(25)11-12-24-19(27)28-21(4,5)6/h7-10H,11-14H2,1-6H3,(H,22,25)(H,23,26)(H,24,27). The van der Waals surface area contributed by atoms with Gasteiger partial charge in [0.1, 0.15) is 5.60 Å². The Morgan fingerprint density at radius 3 is 1.93 bits per heavy atom. The Morgan fingerprint density at radius 1 is 0.821 bits per heavy atom. The average molecular weight is 392 g/mol. The van der Waals surface area contributed by atoms with Gasteiger partial charge in [0, 0.05) is 31.6 Å². The third-order valence-corrected chi connectivity index (χ3v) is 3.77. The molecule has 1 rings (SSSR count). The van der Waals surface area contributed by atoms with E-state index in [-0.39, 0.29) is 30.2 Å². The highest BCUT2D eigenvalue weighted by atomic mass is 16.6. The zero-order valence-corrected chi connectivity index (χ0v) is 17.8. The van der Waals surface area contributed by atoms with Crippen molar-refractivity contribution in [2.45, 2.75) is 59.0 Å². The summed E-state index contributed by atoms with van der Waals surface area (Å²) < 4.78 is 5.08. The number of carbonyl (C=O) groups excluding carboxylic acids is 3. The Kier molecular flexibility index (Phi) is 8.47. The van der Waals surface area contributed by atoms with Crippen LogP contribution in [0.3, 0.4) is 0 Å². The number of amides is 3. The van der Waals surface area contributed by atoms with Crippen molar-refractivity contribution in [3.8, 4) is 0 Å². The third kappa shape index (κ3) is 9.39. The van der Waals surface area contributed by atoms with E-state index < -0.39 is 11.7 Å². The Bertz CT molecular complexity index is 670. The van der Waals surface area contributed by atoms with Gasteiger partial charge in [-0.05, 0) is 43.9 Å². The van der Waals surface area contributed by atoms with Crippen LogP contribution in [0.25, 0.3) is 0 Å². The van der Waals surface area contributed by atoms with Crippen LogP contribution in [0.4, 0.5) is 4.79 Å². The molecule has 0 heterocycles. The number of alkyl carbamates (subject to hydrolysis) is 1. The quantitative estimate of drug-likeness (QED) is 0.623. The van der Waals surface area contributed by atoms with Crippen molar-refractivity contribution >= 4 is 17.9 Å². The van der Waals surface area contributed by atoms with Crippen LogP contribution in [0.1, 0.15) is 63.9 Å². The molecule has 3 amide bonds. The van der Waals surface area contributed by atoms with Gasteiger partial charge in [-0.3, -0.25) is 9.59 Å². The average Bonchev–Trinajstić information content (AvgIpc) is 2.56. The molecule has 0 saturated heterocycles. The van der Waals surface area contributed by atoms with Crippen LogP contribution in [-0.2, 0) is 14.9 Å². The summed E-state index contributed by atoms with van der Waals surface area (Å²) in [4.78, 5) is 35.3. The summed E-state index contributed by atoms with van der Waals surface area (Å²) in [5.41, 5.74) is 1.21. The molecule has 0 spiro atoms. The van der Waals surface area contributed by atoms with Gasteiger partial charge >= 0.3 is 6.09 Å². The first-order chi connectivity index (χ1) is 12.9. The predicted octanol–water partition coefficient (Wildman–Crippen LogP) is 2.74. The molecular formula is C21H33N3O4. The van der Waals surface area contributed by atoms with E-state index in [1.807, 2.05) is 12.1 Å². The second-order valence-corrected chi connectivity index (χ2v) is 8.61. The normalized spacial score (nSPS) is 11.5. The maximum Gasteiger partial charge on any atom is 0.407 e. The summed E-state index contributed by atoms with van der Waals surface area (Å²) in [5.74, 6) is -0.388. The number of rotatable bonds is 7. The van der Waals surface area contributed by atoms with Crippen molar-refractivity contribution in [1.29, 1.82) is 0 Å². The van der Waals surface area contributed by atoms with Gasteiger partial charge in [0.05, 0.1) is 0 Å². The number of hydrogen-bond donors (Lipinski definition) is 3. The molecule has 28 heavy (non-hydrogen) atoms. The van der Waals surface area contributed by atoms with Gasteiger partial charge in [-0.2, -0.15) is 0 Å². The van der Waals surface area contributed by atoms with Gasteiger partial charge in [0.25, 0.3) is 5.91 Å². The number of ether oxygens (including phenoxy) is 1. The molecule has 0 bridgehead atoms. The van der Waals surface area contributed by atoms with Crippen molar-refractivity contribution in [3.63, 3.8) is 0 Å². The van der Waals surface area contributed by atoms with E-state index in [9.17, 15) is 14.4 Å². The number of hydrogen-bond acceptors (Lipinski definition) is 4. The molecule has 0 radical (unpaired) electrons. The molecule has 0 aliphatic rings. The zero-order valence-electron chi connectivity index (χ0n) is 17.8. The summed E-state index contributed by atoms with van der Waals surface area (Å²) in [6, 6.07) is 7.51. The Labute approximate surface area is 167 Å². The van der Waals surface area contributed by atoms with Crippen molar-refractivity contribution < 1.29 is 19.1 Å². The smallest absolute Gasteiger partial charge is 0.407 e. The SMILES string of the molecule is CC(C)(C)OC(=O)NCCC(=O)NCCNC(=O)c1ccc(C(C)(C)C)cc1. The number of nitrogens with one attached hydrogen (secondary N) is 3. The lowest BCUT2D eigenvalue weighted by Crippen LogP contribution is -2.37. The predicted molar refractivity (Wildman–Crippen MR) is 109 cm³/mol. The summed E-state index contributed by atoms with van der Waals surface area (Å²) >= 11 is 0. The first kappa shape index (κ1) is 23.5. The lowest BCUT2D eigenvalue weighted by molar-refractivity contribution is -0.120. The molecule has 0 atom stereocenters. The van der Waals surface area contributed by atoms with Crippen molar-refractivity contribution in [2.24, 2.45) is 0 Å². The first-order valence-corrected chi connectivity index (χ1v) is 9.51. The fraction of sp³-hybridized carbons (Fsp3) is 0.571. The molecule has 156 valence electrons. The van der Waals surface area contributed by atoms with Crippen LogP contribution in [-0.4, -0.2) is 43.1 Å². The molecule has 0 aromatic heterocycles. The largest absolute Gasteiger partial charge is 0.444 e. The van der Waals surface area contributed by atoms with Gasteiger partial charge < -0.3 is 20.7 Å². The van der Waals surface area contributed by atoms with E-state index >= 15 is 0 Å². The second kappa shape index (κ2) is 10.1. The van der Waals surface area contributed by atoms with E-state index in [1.54, 1.807) is 32.9 Å². The maximum absolute atomic E-state index is 12.1. The first-order valence-electron chi connectivity index (χ1n) is 9.51. The summed E-state index contributed by atoms with van der Waals surface area (Å²) in [7, 11) is 0. The van der Waals surface area contributed by atoms with E-state index in [2.05, 4.69) is 36.7 Å². The topological polar surface area (TPSA) is 96.5 Å². The summed E-state index contributed by atoms with van der Waals surface area (Å²) in [5, 5.41) is 7.99. The van der Waals surface area contributed by atoms with E-state index in [1.165, 1.54) is 0 Å². The highest BCUT2D eigenvalue weighted by Gasteiger charge is 2.16. The monoisotopic (exact) mass is 391 g/mol. The van der Waals surface area contributed by atoms with Crippen LogP contribution in [0.5, 0.6) is 0 Å². The van der Waals surface area contributed by atoms with E-state index in [4.69, 9.17) is 4.74 Å². The van der Waals surface area contributed by atoms with E-state index in [0.717, 1.165) is 5.56 Å². The second-order valence-electron chi connectivity index (χ2n) is 8.61. The van der Waals surface area contributed by atoms with Gasteiger partial charge in [0.2, 0.25) is 5.91 Å². The van der Waals surface area contributed by atoms with Gasteiger partial charge in [0.15, 0.2) is 0 Å². The van der Waals surface area contributed by atoms with Crippen LogP contribution in [0.2, 0.25) is 0 Å². The Morgan fingerprint density at radius 2 is 1.39 bits per heavy atom. The maximum atomic E-state index is 12.1. The Hall–Kier alpha value is -2.57. The fourth-order valence-corrected chi connectivity index (χ4v) is 2.28. The van der Waals surface area contributed by atoms with E-state index in [0.29, 0.717) is 18.7 Å². The third-order valence-electron chi connectivity index (χ3n) is 3.77. The summed E-state index contributed by atoms with van der Waals surface area (Å²) in [6.07, 6.45) is -0.411. The van der Waals surface area contributed by atoms with Crippen LogP contribution in [0.15, 0.2) is 24.3 Å². The van der Waals surface area contributed by atoms with Gasteiger partial charge in [-0.1, -0.05) is 32.9 Å². The lowest BCUT2D eigenvalue weighted by atomic mass is 9.87. The van der Waals surface area contributed by atoms with Crippen molar-refractivity contribution in [1.82, 2.24) is 16.0 Å². The fourth-order valence-electron chi connectivity index (χ4n) is 2.28. The zero-order chi connectivity index (χ0) is 21.4. The van der Waals surface area contributed by atoms with Crippen LogP contribution >= 0.6 is 0 Å². The molecule has 0 aliphatic carbocycles. The molecule has 1 aromatic rings. The molecule has 7 heteroatoms. The van der Waals surface area contributed by atoms with Crippen molar-refractivity contribution in [2.75, 3.05) is 19.6 Å². The highest BCUT2D eigenvalue weighted by molar-refractivity contribution is 5.94. The molecular weight excluding hydrogens is 358 g/mol.